The second-order valence-corrected chi connectivity index (χ2v) is 6.37. The van der Waals surface area contributed by atoms with Gasteiger partial charge in [0.2, 0.25) is 5.91 Å². The maximum atomic E-state index is 12.5. The molecule has 140 valence electrons. The molecule has 0 aliphatic carbocycles. The molecule has 3 N–H and O–H groups in total. The van der Waals surface area contributed by atoms with E-state index < -0.39 is 6.04 Å². The summed E-state index contributed by atoms with van der Waals surface area (Å²) in [7, 11) is 3.54. The number of hydrogen-bond acceptors (Lipinski definition) is 4. The van der Waals surface area contributed by atoms with Gasteiger partial charge in [0, 0.05) is 37.0 Å². The van der Waals surface area contributed by atoms with Gasteiger partial charge >= 0.3 is 0 Å². The van der Waals surface area contributed by atoms with E-state index in [1.54, 1.807) is 36.3 Å². The van der Waals surface area contributed by atoms with Gasteiger partial charge in [-0.25, -0.2) is 0 Å². The van der Waals surface area contributed by atoms with Gasteiger partial charge in [-0.1, -0.05) is 19.1 Å². The standard InChI is InChI=1S/C19H27N5O2/c1-5-13(2)23-18(25)15-8-6-7-14(9-15)10-21-19(26)17(20-3)16-11-22-24(4)12-16/h6-9,11-13,17,20H,5,10H2,1-4H3,(H,21,26)(H,23,25). The van der Waals surface area contributed by atoms with E-state index in [4.69, 9.17) is 0 Å². The molecule has 1 aromatic carbocycles. The van der Waals surface area contributed by atoms with Gasteiger partial charge in [0.25, 0.3) is 5.91 Å². The summed E-state index contributed by atoms with van der Waals surface area (Å²) >= 11 is 0. The Kier molecular flexibility index (Phi) is 6.91. The SMILES string of the molecule is CCC(C)NC(=O)c1cccc(CNC(=O)C(NC)c2cnn(C)c2)c1. The Bertz CT molecular complexity index is 756. The van der Waals surface area contributed by atoms with Crippen LogP contribution >= 0.6 is 0 Å². The molecule has 7 nitrogen and oxygen atoms in total. The number of aromatic nitrogens is 2. The number of carbonyl (C=O) groups excluding carboxylic acids is 2. The van der Waals surface area contributed by atoms with Crippen LogP contribution in [0.4, 0.5) is 0 Å². The van der Waals surface area contributed by atoms with Crippen LogP contribution in [0.25, 0.3) is 0 Å². The molecule has 26 heavy (non-hydrogen) atoms. The summed E-state index contributed by atoms with van der Waals surface area (Å²) in [5.74, 6) is -0.244. The van der Waals surface area contributed by atoms with Gasteiger partial charge in [-0.2, -0.15) is 5.10 Å². The van der Waals surface area contributed by atoms with Gasteiger partial charge in [-0.3, -0.25) is 14.3 Å². The highest BCUT2D eigenvalue weighted by Gasteiger charge is 2.19. The number of aryl methyl sites for hydroxylation is 1. The normalized spacial score (nSPS) is 13.1. The zero-order valence-electron chi connectivity index (χ0n) is 15.7. The van der Waals surface area contributed by atoms with Crippen LogP contribution in [-0.2, 0) is 18.4 Å². The zero-order chi connectivity index (χ0) is 19.1. The molecule has 2 rings (SSSR count). The molecule has 0 aliphatic rings. The van der Waals surface area contributed by atoms with E-state index >= 15 is 0 Å². The first-order valence-electron chi connectivity index (χ1n) is 8.78. The number of amides is 2. The monoisotopic (exact) mass is 357 g/mol. The smallest absolute Gasteiger partial charge is 0.251 e. The van der Waals surface area contributed by atoms with Crippen molar-refractivity contribution in [3.63, 3.8) is 0 Å². The molecule has 0 spiro atoms. The van der Waals surface area contributed by atoms with Crippen LogP contribution < -0.4 is 16.0 Å². The van der Waals surface area contributed by atoms with Crippen LogP contribution in [0.2, 0.25) is 0 Å². The molecular weight excluding hydrogens is 330 g/mol. The Morgan fingerprint density at radius 3 is 2.69 bits per heavy atom. The second kappa shape index (κ2) is 9.15. The maximum absolute atomic E-state index is 12.5. The molecule has 0 radical (unpaired) electrons. The zero-order valence-corrected chi connectivity index (χ0v) is 15.7. The lowest BCUT2D eigenvalue weighted by Gasteiger charge is -2.15. The summed E-state index contributed by atoms with van der Waals surface area (Å²) in [5, 5.41) is 12.9. The number of nitrogens with one attached hydrogen (secondary N) is 3. The first-order valence-corrected chi connectivity index (χ1v) is 8.78. The predicted octanol–water partition coefficient (Wildman–Crippen LogP) is 1.53. The molecule has 2 unspecified atom stereocenters. The van der Waals surface area contributed by atoms with Gasteiger partial charge in [0.15, 0.2) is 0 Å². The molecule has 0 saturated carbocycles. The van der Waals surface area contributed by atoms with Crippen LogP contribution in [0.3, 0.4) is 0 Å². The Morgan fingerprint density at radius 2 is 2.08 bits per heavy atom. The molecule has 1 heterocycles. The Labute approximate surface area is 154 Å². The number of rotatable bonds is 8. The number of likely N-dealkylation sites (N-methyl/N-ethyl adjacent to an activating group) is 1. The molecule has 0 saturated heterocycles. The van der Waals surface area contributed by atoms with E-state index in [0.717, 1.165) is 17.5 Å². The first-order chi connectivity index (χ1) is 12.4. The topological polar surface area (TPSA) is 88.1 Å². The highest BCUT2D eigenvalue weighted by Crippen LogP contribution is 2.12. The van der Waals surface area contributed by atoms with E-state index in [2.05, 4.69) is 21.0 Å². The highest BCUT2D eigenvalue weighted by atomic mass is 16.2. The first kappa shape index (κ1) is 19.7. The summed E-state index contributed by atoms with van der Waals surface area (Å²) in [5.41, 5.74) is 2.26. The Morgan fingerprint density at radius 1 is 1.31 bits per heavy atom. The van der Waals surface area contributed by atoms with Gasteiger partial charge < -0.3 is 16.0 Å². The van der Waals surface area contributed by atoms with Crippen molar-refractivity contribution >= 4 is 11.8 Å². The van der Waals surface area contributed by atoms with Crippen molar-refractivity contribution in [1.29, 1.82) is 0 Å². The van der Waals surface area contributed by atoms with Gasteiger partial charge in [-0.15, -0.1) is 0 Å². The summed E-state index contributed by atoms with van der Waals surface area (Å²) in [4.78, 5) is 24.7. The molecule has 2 atom stereocenters. The molecule has 2 amide bonds. The number of benzene rings is 1. The summed E-state index contributed by atoms with van der Waals surface area (Å²) in [6.45, 7) is 4.34. The van der Waals surface area contributed by atoms with Crippen molar-refractivity contribution < 1.29 is 9.59 Å². The fraction of sp³-hybridized carbons (Fsp3) is 0.421. The third kappa shape index (κ3) is 5.16. The van der Waals surface area contributed by atoms with Crippen molar-refractivity contribution in [3.8, 4) is 0 Å². The van der Waals surface area contributed by atoms with Crippen LogP contribution in [0.1, 0.15) is 47.8 Å². The minimum Gasteiger partial charge on any atom is -0.350 e. The minimum atomic E-state index is -0.472. The van der Waals surface area contributed by atoms with Crippen LogP contribution in [0.5, 0.6) is 0 Å². The predicted molar refractivity (Wildman–Crippen MR) is 101 cm³/mol. The largest absolute Gasteiger partial charge is 0.350 e. The average Bonchev–Trinajstić information content (AvgIpc) is 3.06. The van der Waals surface area contributed by atoms with E-state index in [-0.39, 0.29) is 17.9 Å². The lowest BCUT2D eigenvalue weighted by Crippen LogP contribution is -2.35. The summed E-state index contributed by atoms with van der Waals surface area (Å²) in [6, 6.07) is 6.94. The molecule has 0 bridgehead atoms. The fourth-order valence-electron chi connectivity index (χ4n) is 2.56. The van der Waals surface area contributed by atoms with Gasteiger partial charge in [-0.05, 0) is 38.1 Å². The molecule has 0 aliphatic heterocycles. The Balaban J connectivity index is 1.99. The van der Waals surface area contributed by atoms with Crippen LogP contribution in [0, 0.1) is 0 Å². The molecule has 1 aromatic heterocycles. The molecule has 0 fully saturated rings. The maximum Gasteiger partial charge on any atom is 0.251 e. The highest BCUT2D eigenvalue weighted by molar-refractivity contribution is 5.94. The van der Waals surface area contributed by atoms with Crippen LogP contribution in [0.15, 0.2) is 36.7 Å². The van der Waals surface area contributed by atoms with Crippen molar-refractivity contribution in [3.05, 3.63) is 53.3 Å². The quantitative estimate of drug-likeness (QED) is 0.668. The second-order valence-electron chi connectivity index (χ2n) is 6.37. The lowest BCUT2D eigenvalue weighted by atomic mass is 10.1. The average molecular weight is 357 g/mol. The van der Waals surface area contributed by atoms with E-state index in [1.165, 1.54) is 0 Å². The van der Waals surface area contributed by atoms with Crippen molar-refractivity contribution in [1.82, 2.24) is 25.7 Å². The molecular formula is C19H27N5O2. The molecule has 2 aromatic rings. The third-order valence-electron chi connectivity index (χ3n) is 4.25. The Hall–Kier alpha value is -2.67. The van der Waals surface area contributed by atoms with Gasteiger partial charge in [0.05, 0.1) is 6.20 Å². The fourth-order valence-corrected chi connectivity index (χ4v) is 2.56. The van der Waals surface area contributed by atoms with E-state index in [1.807, 2.05) is 33.0 Å². The lowest BCUT2D eigenvalue weighted by molar-refractivity contribution is -0.123. The van der Waals surface area contributed by atoms with E-state index in [9.17, 15) is 9.59 Å². The van der Waals surface area contributed by atoms with Crippen molar-refractivity contribution in [2.75, 3.05) is 7.05 Å². The number of carbonyl (C=O) groups is 2. The van der Waals surface area contributed by atoms with E-state index in [0.29, 0.717) is 12.1 Å². The van der Waals surface area contributed by atoms with Gasteiger partial charge in [0.1, 0.15) is 6.04 Å². The molecule has 7 heteroatoms. The number of hydrogen-bond donors (Lipinski definition) is 3. The van der Waals surface area contributed by atoms with Crippen LogP contribution in [-0.4, -0.2) is 34.7 Å². The summed E-state index contributed by atoms with van der Waals surface area (Å²) in [6.07, 6.45) is 4.35. The number of nitrogens with zero attached hydrogens (tertiary/aromatic N) is 2. The van der Waals surface area contributed by atoms with Crippen molar-refractivity contribution in [2.45, 2.75) is 38.9 Å². The van der Waals surface area contributed by atoms with Crippen molar-refractivity contribution in [2.24, 2.45) is 7.05 Å². The third-order valence-corrected chi connectivity index (χ3v) is 4.25. The summed E-state index contributed by atoms with van der Waals surface area (Å²) < 4.78 is 1.66. The minimum absolute atomic E-state index is 0.101.